The first-order valence-electron chi connectivity index (χ1n) is 6.51. The molecule has 2 aromatic rings. The van der Waals surface area contributed by atoms with E-state index in [-0.39, 0.29) is 28.5 Å². The second-order valence-corrected chi connectivity index (χ2v) is 5.81. The van der Waals surface area contributed by atoms with Gasteiger partial charge in [0.15, 0.2) is 5.78 Å². The molecule has 0 bridgehead atoms. The van der Waals surface area contributed by atoms with E-state index in [9.17, 15) is 18.0 Å². The van der Waals surface area contributed by atoms with Crippen molar-refractivity contribution < 1.29 is 22.7 Å². The normalized spacial score (nSPS) is 12.2. The van der Waals surface area contributed by atoms with E-state index >= 15 is 0 Å². The number of Topliss-reactive ketones (excluding diaryl/α,β-unsaturated/α-hetero) is 1. The highest BCUT2D eigenvalue weighted by Gasteiger charge is 2.31. The Labute approximate surface area is 146 Å². The van der Waals surface area contributed by atoms with Crippen LogP contribution in [-0.2, 0) is 6.18 Å². The summed E-state index contributed by atoms with van der Waals surface area (Å²) in [5, 5.41) is -0.873. The third kappa shape index (κ3) is 4.87. The smallest absolute Gasteiger partial charge is 0.416 e. The van der Waals surface area contributed by atoms with Gasteiger partial charge in [-0.2, -0.15) is 13.2 Å². The standard InChI is InChI=1S/C16H11Cl2F3O2.H3N/c1-9(17)15(22)10-3-2-4-12(7-10)23-14-6-5-11(8-13(14)18)16(19,20)21;/h2-9H,1H3;1H3. The molecule has 1 atom stereocenters. The quantitative estimate of drug-likeness (QED) is 0.513. The van der Waals surface area contributed by atoms with Crippen molar-refractivity contribution in [3.8, 4) is 11.5 Å². The lowest BCUT2D eigenvalue weighted by Crippen LogP contribution is -2.10. The van der Waals surface area contributed by atoms with Gasteiger partial charge in [-0.3, -0.25) is 4.79 Å². The van der Waals surface area contributed by atoms with E-state index < -0.39 is 17.1 Å². The van der Waals surface area contributed by atoms with E-state index in [0.717, 1.165) is 18.2 Å². The zero-order valence-corrected chi connectivity index (χ0v) is 14.0. The molecule has 0 aliphatic rings. The van der Waals surface area contributed by atoms with Gasteiger partial charge in [0.1, 0.15) is 11.5 Å². The summed E-state index contributed by atoms with van der Waals surface area (Å²) in [6.45, 7) is 1.55. The van der Waals surface area contributed by atoms with E-state index in [1.807, 2.05) is 0 Å². The van der Waals surface area contributed by atoms with E-state index in [4.69, 9.17) is 27.9 Å². The van der Waals surface area contributed by atoms with Gasteiger partial charge in [0.2, 0.25) is 0 Å². The molecule has 3 N–H and O–H groups in total. The Morgan fingerprint density at radius 3 is 2.38 bits per heavy atom. The summed E-state index contributed by atoms with van der Waals surface area (Å²) in [6.07, 6.45) is -4.48. The molecule has 3 nitrogen and oxygen atoms in total. The summed E-state index contributed by atoms with van der Waals surface area (Å²) in [5.41, 5.74) is -0.525. The summed E-state index contributed by atoms with van der Waals surface area (Å²) in [7, 11) is 0. The van der Waals surface area contributed by atoms with Crippen LogP contribution in [0.15, 0.2) is 42.5 Å². The lowest BCUT2D eigenvalue weighted by atomic mass is 10.1. The highest BCUT2D eigenvalue weighted by atomic mass is 35.5. The van der Waals surface area contributed by atoms with Gasteiger partial charge in [-0.15, -0.1) is 11.6 Å². The van der Waals surface area contributed by atoms with E-state index in [1.165, 1.54) is 6.07 Å². The van der Waals surface area contributed by atoms with Gasteiger partial charge < -0.3 is 10.9 Å². The highest BCUT2D eigenvalue weighted by molar-refractivity contribution is 6.33. The average molecular weight is 380 g/mol. The Kier molecular flexibility index (Phi) is 6.66. The molecule has 24 heavy (non-hydrogen) atoms. The SMILES string of the molecule is CC(Cl)C(=O)c1cccc(Oc2ccc(C(F)(F)F)cc2Cl)c1.N. The Balaban J connectivity index is 0.00000288. The maximum Gasteiger partial charge on any atom is 0.416 e. The van der Waals surface area contributed by atoms with Crippen LogP contribution in [0, 0.1) is 0 Å². The molecule has 2 aromatic carbocycles. The number of ether oxygens (including phenoxy) is 1. The average Bonchev–Trinajstić information content (AvgIpc) is 2.47. The van der Waals surface area contributed by atoms with Crippen LogP contribution in [0.1, 0.15) is 22.8 Å². The first kappa shape index (κ1) is 20.3. The fourth-order valence-corrected chi connectivity index (χ4v) is 2.17. The largest absolute Gasteiger partial charge is 0.456 e. The molecule has 0 spiro atoms. The zero-order chi connectivity index (χ0) is 17.2. The summed E-state index contributed by atoms with van der Waals surface area (Å²) >= 11 is 11.6. The zero-order valence-electron chi connectivity index (χ0n) is 12.5. The number of halogens is 5. The molecular formula is C16H14Cl2F3NO2. The van der Waals surface area contributed by atoms with Crippen LogP contribution in [0.5, 0.6) is 11.5 Å². The summed E-state index contributed by atoms with van der Waals surface area (Å²) in [6, 6.07) is 8.95. The van der Waals surface area contributed by atoms with Crippen LogP contribution >= 0.6 is 23.2 Å². The van der Waals surface area contributed by atoms with Crippen molar-refractivity contribution >= 4 is 29.0 Å². The van der Waals surface area contributed by atoms with Crippen molar-refractivity contribution in [1.82, 2.24) is 6.15 Å². The Morgan fingerprint density at radius 1 is 1.17 bits per heavy atom. The maximum absolute atomic E-state index is 12.6. The monoisotopic (exact) mass is 379 g/mol. The second kappa shape index (κ2) is 7.88. The van der Waals surface area contributed by atoms with Gasteiger partial charge in [-0.05, 0) is 37.3 Å². The summed E-state index contributed by atoms with van der Waals surface area (Å²) in [4.78, 5) is 11.8. The molecule has 0 amide bonds. The molecule has 0 fully saturated rings. The Morgan fingerprint density at radius 2 is 1.83 bits per heavy atom. The molecule has 1 unspecified atom stereocenters. The number of ketones is 1. The van der Waals surface area contributed by atoms with Crippen LogP contribution in [0.2, 0.25) is 5.02 Å². The van der Waals surface area contributed by atoms with Crippen molar-refractivity contribution in [3.05, 3.63) is 58.6 Å². The molecule has 130 valence electrons. The van der Waals surface area contributed by atoms with Gasteiger partial charge in [0, 0.05) is 5.56 Å². The molecule has 0 radical (unpaired) electrons. The van der Waals surface area contributed by atoms with Crippen molar-refractivity contribution in [2.24, 2.45) is 0 Å². The Bertz CT molecular complexity index is 734. The van der Waals surface area contributed by atoms with E-state index in [0.29, 0.717) is 5.56 Å². The number of hydrogen-bond donors (Lipinski definition) is 1. The van der Waals surface area contributed by atoms with Crippen molar-refractivity contribution in [1.29, 1.82) is 0 Å². The molecule has 8 heteroatoms. The third-order valence-electron chi connectivity index (χ3n) is 2.97. The Hall–Kier alpha value is -1.76. The topological polar surface area (TPSA) is 61.3 Å². The minimum absolute atomic E-state index is 0. The van der Waals surface area contributed by atoms with Crippen LogP contribution in [0.4, 0.5) is 13.2 Å². The number of alkyl halides is 4. The maximum atomic E-state index is 12.6. The van der Waals surface area contributed by atoms with Crippen molar-refractivity contribution in [2.75, 3.05) is 0 Å². The first-order chi connectivity index (χ1) is 10.7. The molecular weight excluding hydrogens is 366 g/mol. The minimum Gasteiger partial charge on any atom is -0.456 e. The van der Waals surface area contributed by atoms with Gasteiger partial charge >= 0.3 is 6.18 Å². The van der Waals surface area contributed by atoms with Crippen molar-refractivity contribution in [2.45, 2.75) is 18.5 Å². The number of benzene rings is 2. The van der Waals surface area contributed by atoms with Gasteiger partial charge in [-0.25, -0.2) is 0 Å². The second-order valence-electron chi connectivity index (χ2n) is 4.75. The third-order valence-corrected chi connectivity index (χ3v) is 3.46. The van der Waals surface area contributed by atoms with Crippen LogP contribution in [0.25, 0.3) is 0 Å². The molecule has 0 aliphatic carbocycles. The predicted molar refractivity (Wildman–Crippen MR) is 87.6 cm³/mol. The van der Waals surface area contributed by atoms with E-state index in [1.54, 1.807) is 25.1 Å². The lowest BCUT2D eigenvalue weighted by Gasteiger charge is -2.12. The first-order valence-corrected chi connectivity index (χ1v) is 7.33. The summed E-state index contributed by atoms with van der Waals surface area (Å²) in [5.74, 6) is 0.0497. The molecule has 2 rings (SSSR count). The molecule has 0 aliphatic heterocycles. The molecule has 0 saturated carbocycles. The van der Waals surface area contributed by atoms with Gasteiger partial charge in [-0.1, -0.05) is 23.7 Å². The molecule has 0 saturated heterocycles. The fraction of sp³-hybridized carbons (Fsp3) is 0.188. The fourth-order valence-electron chi connectivity index (χ4n) is 1.83. The molecule has 0 heterocycles. The van der Waals surface area contributed by atoms with Gasteiger partial charge in [0.05, 0.1) is 16.0 Å². The number of carbonyl (C=O) groups excluding carboxylic acids is 1. The van der Waals surface area contributed by atoms with Crippen molar-refractivity contribution in [3.63, 3.8) is 0 Å². The summed E-state index contributed by atoms with van der Waals surface area (Å²) < 4.78 is 43.2. The van der Waals surface area contributed by atoms with E-state index in [2.05, 4.69) is 0 Å². The number of rotatable bonds is 4. The number of hydrogen-bond acceptors (Lipinski definition) is 3. The van der Waals surface area contributed by atoms with Crippen LogP contribution in [-0.4, -0.2) is 11.2 Å². The molecule has 0 aromatic heterocycles. The number of carbonyl (C=O) groups is 1. The predicted octanol–water partition coefficient (Wildman–Crippen LogP) is 6.12. The lowest BCUT2D eigenvalue weighted by molar-refractivity contribution is -0.137. The van der Waals surface area contributed by atoms with Crippen LogP contribution < -0.4 is 10.9 Å². The highest BCUT2D eigenvalue weighted by Crippen LogP contribution is 2.36. The van der Waals surface area contributed by atoms with Crippen LogP contribution in [0.3, 0.4) is 0 Å². The van der Waals surface area contributed by atoms with Gasteiger partial charge in [0.25, 0.3) is 0 Å². The minimum atomic E-state index is -4.48.